The fourth-order valence-electron chi connectivity index (χ4n) is 3.34. The summed E-state index contributed by atoms with van der Waals surface area (Å²) in [7, 11) is 0. The minimum absolute atomic E-state index is 0.101. The lowest BCUT2D eigenvalue weighted by molar-refractivity contribution is -0.687. The van der Waals surface area contributed by atoms with Crippen LogP contribution in [0.25, 0.3) is 10.8 Å². The molecule has 2 aromatic carbocycles. The third kappa shape index (κ3) is 6.36. The molecule has 2 rings (SSSR count). The molecule has 0 aliphatic carbocycles. The summed E-state index contributed by atoms with van der Waals surface area (Å²) in [5.74, 6) is -1.03. The van der Waals surface area contributed by atoms with Gasteiger partial charge in [-0.3, -0.25) is 4.79 Å². The van der Waals surface area contributed by atoms with Crippen molar-refractivity contribution >= 4 is 28.3 Å². The van der Waals surface area contributed by atoms with Crippen molar-refractivity contribution in [3.05, 3.63) is 42.5 Å². The van der Waals surface area contributed by atoms with Crippen molar-refractivity contribution in [3.63, 3.8) is 0 Å². The van der Waals surface area contributed by atoms with Crippen LogP contribution in [-0.4, -0.2) is 24.5 Å². The highest BCUT2D eigenvalue weighted by molar-refractivity contribution is 6.02. The Morgan fingerprint density at radius 2 is 1.85 bits per heavy atom. The summed E-state index contributed by atoms with van der Waals surface area (Å²) < 4.78 is 0. The average molecular weight is 370 g/mol. The van der Waals surface area contributed by atoms with E-state index < -0.39 is 12.0 Å². The van der Waals surface area contributed by atoms with Gasteiger partial charge >= 0.3 is 0 Å². The molecule has 0 bridgehead atoms. The van der Waals surface area contributed by atoms with Crippen LogP contribution >= 0.6 is 0 Å². The van der Waals surface area contributed by atoms with Gasteiger partial charge in [-0.15, -0.1) is 0 Å². The summed E-state index contributed by atoms with van der Waals surface area (Å²) in [6, 6.07) is 12.6. The maximum absolute atomic E-state index is 12.4. The van der Waals surface area contributed by atoms with Crippen molar-refractivity contribution < 1.29 is 20.0 Å². The normalized spacial score (nSPS) is 13.3. The number of carbonyl (C=O) groups is 2. The number of carbonyl (C=O) groups excluding carboxylic acids is 2. The third-order valence-electron chi connectivity index (χ3n) is 5.07. The molecule has 0 saturated heterocycles. The fourth-order valence-corrected chi connectivity index (χ4v) is 3.34. The van der Waals surface area contributed by atoms with E-state index >= 15 is 0 Å². The maximum Gasteiger partial charge on any atom is 0.230 e. The molecule has 3 N–H and O–H groups in total. The Morgan fingerprint density at radius 3 is 2.56 bits per heavy atom. The number of fused-ring (bicyclic) bond motifs is 1. The number of nitrogens with two attached hydrogens (primary N) is 1. The molecule has 5 heteroatoms. The van der Waals surface area contributed by atoms with E-state index in [1.807, 2.05) is 42.5 Å². The average Bonchev–Trinajstić information content (AvgIpc) is 2.67. The second-order valence-corrected chi connectivity index (χ2v) is 7.09. The Bertz CT molecular complexity index is 755. The fraction of sp³-hybridized carbons (Fsp3) is 0.455. The smallest absolute Gasteiger partial charge is 0.230 e. The Hall–Kier alpha value is -2.40. The largest absolute Gasteiger partial charge is 0.544 e. The van der Waals surface area contributed by atoms with E-state index in [0.717, 1.165) is 36.5 Å². The van der Waals surface area contributed by atoms with Crippen LogP contribution in [0.2, 0.25) is 0 Å². The van der Waals surface area contributed by atoms with E-state index in [9.17, 15) is 14.7 Å². The van der Waals surface area contributed by atoms with Crippen molar-refractivity contribution in [3.8, 4) is 0 Å². The number of unbranched alkanes of at least 4 members (excludes halogenated alkanes) is 1. The first-order chi connectivity index (χ1) is 13.0. The Balaban J connectivity index is 1.97. The van der Waals surface area contributed by atoms with Crippen molar-refractivity contribution in [1.82, 2.24) is 0 Å². The van der Waals surface area contributed by atoms with E-state index in [-0.39, 0.29) is 12.3 Å². The van der Waals surface area contributed by atoms with E-state index in [4.69, 9.17) is 0 Å². The summed E-state index contributed by atoms with van der Waals surface area (Å²) in [5, 5.41) is 18.1. The van der Waals surface area contributed by atoms with Crippen LogP contribution in [0.3, 0.4) is 0 Å². The highest BCUT2D eigenvalue weighted by atomic mass is 16.4. The van der Waals surface area contributed by atoms with Gasteiger partial charge in [-0.2, -0.15) is 0 Å². The number of nitrogens with one attached hydrogen (secondary N) is 1. The van der Waals surface area contributed by atoms with Crippen molar-refractivity contribution in [2.75, 3.05) is 11.9 Å². The zero-order valence-corrected chi connectivity index (χ0v) is 16.2. The maximum atomic E-state index is 12.4. The molecule has 0 fully saturated rings. The Labute approximate surface area is 161 Å². The van der Waals surface area contributed by atoms with Gasteiger partial charge in [0.05, 0.1) is 18.9 Å². The van der Waals surface area contributed by atoms with Crippen LogP contribution in [0.1, 0.15) is 46.0 Å². The van der Waals surface area contributed by atoms with Gasteiger partial charge in [0.2, 0.25) is 5.91 Å². The summed E-state index contributed by atoms with van der Waals surface area (Å²) in [4.78, 5) is 23.9. The van der Waals surface area contributed by atoms with Crippen LogP contribution in [0.5, 0.6) is 0 Å². The molecule has 0 radical (unpaired) electrons. The number of carboxylic acids is 1. The van der Waals surface area contributed by atoms with E-state index in [2.05, 4.69) is 19.2 Å². The minimum atomic E-state index is -1.19. The number of carboxylic acid groups (broad SMARTS) is 1. The van der Waals surface area contributed by atoms with E-state index in [1.54, 1.807) is 5.32 Å². The second kappa shape index (κ2) is 10.7. The molecule has 0 spiro atoms. The van der Waals surface area contributed by atoms with Crippen molar-refractivity contribution in [1.29, 1.82) is 0 Å². The van der Waals surface area contributed by atoms with Gasteiger partial charge in [-0.05, 0) is 24.3 Å². The summed E-state index contributed by atoms with van der Waals surface area (Å²) in [6.45, 7) is 4.98. The molecule has 0 aromatic heterocycles. The molecule has 5 nitrogen and oxygen atoms in total. The number of hydrogen-bond acceptors (Lipinski definition) is 3. The van der Waals surface area contributed by atoms with E-state index in [1.165, 1.54) is 0 Å². The first-order valence-electron chi connectivity index (χ1n) is 9.86. The zero-order valence-electron chi connectivity index (χ0n) is 16.2. The first-order valence-corrected chi connectivity index (χ1v) is 9.86. The predicted molar refractivity (Wildman–Crippen MR) is 106 cm³/mol. The molecule has 0 aliphatic rings. The lowest BCUT2D eigenvalue weighted by atomic mass is 9.99. The summed E-state index contributed by atoms with van der Waals surface area (Å²) >= 11 is 0. The molecule has 2 atom stereocenters. The molecule has 0 unspecified atom stereocenters. The topological polar surface area (TPSA) is 85.8 Å². The quantitative estimate of drug-likeness (QED) is 0.635. The minimum Gasteiger partial charge on any atom is -0.544 e. The number of aliphatic carboxylic acids is 1. The van der Waals surface area contributed by atoms with Crippen LogP contribution < -0.4 is 15.7 Å². The molecule has 0 aliphatic heterocycles. The lowest BCUT2D eigenvalue weighted by Crippen LogP contribution is -2.94. The molecule has 0 heterocycles. The van der Waals surface area contributed by atoms with Crippen LogP contribution in [-0.2, 0) is 9.59 Å². The number of hydrogen-bond donors (Lipinski definition) is 2. The first kappa shape index (κ1) is 20.9. The van der Waals surface area contributed by atoms with Gasteiger partial charge in [-0.1, -0.05) is 63.1 Å². The molecule has 0 saturated carbocycles. The van der Waals surface area contributed by atoms with Gasteiger partial charge < -0.3 is 20.5 Å². The number of amides is 1. The highest BCUT2D eigenvalue weighted by Crippen LogP contribution is 2.23. The SMILES string of the molecule is CCCC[C@@H](CC)C[NH2+][C@@H](CC(=O)Nc1cccc2ccccc12)C(=O)[O-]. The van der Waals surface area contributed by atoms with Crippen LogP contribution in [0.15, 0.2) is 42.5 Å². The monoisotopic (exact) mass is 370 g/mol. The van der Waals surface area contributed by atoms with Gasteiger partial charge in [0.1, 0.15) is 6.04 Å². The van der Waals surface area contributed by atoms with E-state index in [0.29, 0.717) is 18.2 Å². The van der Waals surface area contributed by atoms with Gasteiger partial charge in [0.15, 0.2) is 0 Å². The number of quaternary nitrogens is 1. The lowest BCUT2D eigenvalue weighted by Gasteiger charge is -2.20. The summed E-state index contributed by atoms with van der Waals surface area (Å²) in [5.41, 5.74) is 0.699. The van der Waals surface area contributed by atoms with Crippen LogP contribution in [0, 0.1) is 5.92 Å². The molecule has 2 aromatic rings. The molecule has 1 amide bonds. The Morgan fingerprint density at radius 1 is 1.11 bits per heavy atom. The van der Waals surface area contributed by atoms with Gasteiger partial charge in [-0.25, -0.2) is 0 Å². The summed E-state index contributed by atoms with van der Waals surface area (Å²) in [6.07, 6.45) is 4.28. The van der Waals surface area contributed by atoms with Gasteiger partial charge in [0.25, 0.3) is 0 Å². The van der Waals surface area contributed by atoms with Crippen molar-refractivity contribution in [2.45, 2.75) is 52.0 Å². The van der Waals surface area contributed by atoms with Crippen LogP contribution in [0.4, 0.5) is 5.69 Å². The third-order valence-corrected chi connectivity index (χ3v) is 5.07. The molecule has 27 heavy (non-hydrogen) atoms. The highest BCUT2D eigenvalue weighted by Gasteiger charge is 2.20. The predicted octanol–water partition coefficient (Wildman–Crippen LogP) is 2.07. The molecular formula is C22H30N2O3. The Kier molecular flexibility index (Phi) is 8.27. The number of rotatable bonds is 11. The molecular weight excluding hydrogens is 340 g/mol. The standard InChI is InChI=1S/C22H30N2O3/c1-3-5-9-16(4-2)15-23-20(22(26)27)14-21(25)24-19-13-8-11-17-10-6-7-12-18(17)19/h6-8,10-13,16,20,23H,3-5,9,14-15H2,1-2H3,(H,24,25)(H,26,27)/t16-,20+/m1/s1. The second-order valence-electron chi connectivity index (χ2n) is 7.09. The van der Waals surface area contributed by atoms with Crippen molar-refractivity contribution in [2.24, 2.45) is 5.92 Å². The zero-order chi connectivity index (χ0) is 19.6. The van der Waals surface area contributed by atoms with Gasteiger partial charge in [0, 0.05) is 17.0 Å². The molecule has 146 valence electrons. The number of anilines is 1. The number of benzene rings is 2.